The summed E-state index contributed by atoms with van der Waals surface area (Å²) in [4.78, 5) is 26.3. The molecule has 1 fully saturated rings. The quantitative estimate of drug-likeness (QED) is 0.474. The van der Waals surface area contributed by atoms with Crippen LogP contribution in [0.1, 0.15) is 69.7 Å². The number of nitrogens with one attached hydrogen (secondary N) is 1. The van der Waals surface area contributed by atoms with E-state index in [0.29, 0.717) is 18.2 Å². The van der Waals surface area contributed by atoms with E-state index in [2.05, 4.69) is 23.1 Å². The summed E-state index contributed by atoms with van der Waals surface area (Å²) in [6, 6.07) is 15.6. The summed E-state index contributed by atoms with van der Waals surface area (Å²) < 4.78 is 5.34. The molecule has 6 nitrogen and oxygen atoms in total. The van der Waals surface area contributed by atoms with E-state index in [-0.39, 0.29) is 18.4 Å². The predicted octanol–water partition coefficient (Wildman–Crippen LogP) is 6.08. The van der Waals surface area contributed by atoms with Crippen LogP contribution in [0.25, 0.3) is 0 Å². The number of carboxylic acid groups (broad SMARTS) is 1. The molecule has 1 saturated heterocycles. The predicted molar refractivity (Wildman–Crippen MR) is 138 cm³/mol. The van der Waals surface area contributed by atoms with Crippen molar-refractivity contribution in [3.63, 3.8) is 0 Å². The molecule has 3 rings (SSSR count). The maximum atomic E-state index is 12.1. The fourth-order valence-electron chi connectivity index (χ4n) is 4.86. The zero-order chi connectivity index (χ0) is 25.6. The first-order valence-corrected chi connectivity index (χ1v) is 12.2. The summed E-state index contributed by atoms with van der Waals surface area (Å²) in [5.41, 5.74) is 3.08. The van der Waals surface area contributed by atoms with Gasteiger partial charge in [0.1, 0.15) is 5.60 Å². The van der Waals surface area contributed by atoms with Gasteiger partial charge in [0.2, 0.25) is 0 Å². The number of hydrogen-bond donors (Lipinski definition) is 2. The summed E-state index contributed by atoms with van der Waals surface area (Å²) in [7, 11) is 0. The lowest BCUT2D eigenvalue weighted by molar-refractivity contribution is -0.139. The number of anilines is 1. The minimum atomic E-state index is -0.779. The maximum absolute atomic E-state index is 12.1. The van der Waals surface area contributed by atoms with Gasteiger partial charge in [-0.05, 0) is 74.4 Å². The average Bonchev–Trinajstić information content (AvgIpc) is 2.78. The summed E-state index contributed by atoms with van der Waals surface area (Å²) in [5.74, 6) is 2.30. The van der Waals surface area contributed by atoms with Crippen LogP contribution < -0.4 is 5.32 Å². The van der Waals surface area contributed by atoms with Gasteiger partial charge in [0.05, 0.1) is 0 Å². The number of rotatable bonds is 7. The molecule has 35 heavy (non-hydrogen) atoms. The number of nitrogens with zero attached hydrogens (tertiary/aromatic N) is 1. The Hall–Kier alpha value is -3.30. The molecule has 3 atom stereocenters. The van der Waals surface area contributed by atoms with Crippen molar-refractivity contribution in [2.75, 3.05) is 11.9 Å². The van der Waals surface area contributed by atoms with Crippen LogP contribution in [0.2, 0.25) is 0 Å². The first-order valence-electron chi connectivity index (χ1n) is 12.2. The van der Waals surface area contributed by atoms with Crippen LogP contribution in [0.3, 0.4) is 0 Å². The molecule has 0 bridgehead atoms. The van der Waals surface area contributed by atoms with Crippen molar-refractivity contribution in [1.82, 2.24) is 4.90 Å². The molecule has 6 heteroatoms. The molecule has 1 aliphatic heterocycles. The summed E-state index contributed by atoms with van der Waals surface area (Å²) >= 11 is 0. The second kappa shape index (κ2) is 11.4. The standard InChI is InChI=1S/C29H36N2O4/c1-6-20-8-10-22(11-9-20)19-31-18-21(7-2)16-24(17-26(32)33)27(31)23-12-14-25(15-13-23)30-28(34)35-29(3,4)5/h1,8-15,21,24,27H,7,16-19H2,2-5H3,(H,30,34)(H,32,33). The molecule has 2 aromatic carbocycles. The van der Waals surface area contributed by atoms with Crippen molar-refractivity contribution in [1.29, 1.82) is 0 Å². The average molecular weight is 477 g/mol. The normalized spacial score (nSPS) is 20.6. The van der Waals surface area contributed by atoms with Crippen molar-refractivity contribution in [3.8, 4) is 12.3 Å². The van der Waals surface area contributed by atoms with Crippen LogP contribution in [-0.2, 0) is 16.1 Å². The van der Waals surface area contributed by atoms with E-state index < -0.39 is 17.7 Å². The number of carbonyl (C=O) groups is 2. The van der Waals surface area contributed by atoms with Crippen molar-refractivity contribution in [3.05, 3.63) is 65.2 Å². The summed E-state index contributed by atoms with van der Waals surface area (Å²) in [6.45, 7) is 9.23. The molecule has 0 spiro atoms. The third-order valence-electron chi connectivity index (χ3n) is 6.39. The number of ether oxygens (including phenoxy) is 1. The van der Waals surface area contributed by atoms with Gasteiger partial charge in [0.15, 0.2) is 0 Å². The molecular weight excluding hydrogens is 440 g/mol. The zero-order valence-corrected chi connectivity index (χ0v) is 21.1. The molecule has 0 saturated carbocycles. The van der Waals surface area contributed by atoms with E-state index in [1.54, 1.807) is 0 Å². The topological polar surface area (TPSA) is 78.9 Å². The maximum Gasteiger partial charge on any atom is 0.412 e. The number of piperidine rings is 1. The Balaban J connectivity index is 1.87. The van der Waals surface area contributed by atoms with E-state index in [9.17, 15) is 14.7 Å². The van der Waals surface area contributed by atoms with Gasteiger partial charge in [0.25, 0.3) is 0 Å². The lowest BCUT2D eigenvalue weighted by Crippen LogP contribution is -2.43. The highest BCUT2D eigenvalue weighted by atomic mass is 16.6. The lowest BCUT2D eigenvalue weighted by atomic mass is 9.77. The van der Waals surface area contributed by atoms with Crippen LogP contribution in [0.5, 0.6) is 0 Å². The monoisotopic (exact) mass is 476 g/mol. The molecule has 1 aliphatic rings. The first-order chi connectivity index (χ1) is 16.6. The Bertz CT molecular complexity index is 1050. The van der Waals surface area contributed by atoms with Gasteiger partial charge in [-0.25, -0.2) is 4.79 Å². The van der Waals surface area contributed by atoms with Gasteiger partial charge < -0.3 is 9.84 Å². The Morgan fingerprint density at radius 2 is 1.80 bits per heavy atom. The fraction of sp³-hybridized carbons (Fsp3) is 0.448. The second-order valence-electron chi connectivity index (χ2n) is 10.3. The van der Waals surface area contributed by atoms with Crippen LogP contribution in [0.15, 0.2) is 48.5 Å². The third-order valence-corrected chi connectivity index (χ3v) is 6.39. The van der Waals surface area contributed by atoms with Gasteiger partial charge in [0, 0.05) is 36.8 Å². The highest BCUT2D eigenvalue weighted by molar-refractivity contribution is 5.84. The molecule has 0 aromatic heterocycles. The lowest BCUT2D eigenvalue weighted by Gasteiger charge is -2.45. The van der Waals surface area contributed by atoms with E-state index in [1.807, 2.05) is 69.3 Å². The summed E-state index contributed by atoms with van der Waals surface area (Å²) in [5, 5.41) is 12.4. The molecular formula is C29H36N2O4. The number of carboxylic acids is 1. The summed E-state index contributed by atoms with van der Waals surface area (Å²) in [6.07, 6.45) is 7.00. The van der Waals surface area contributed by atoms with Gasteiger partial charge in [-0.1, -0.05) is 43.5 Å². The SMILES string of the molecule is C#Cc1ccc(CN2CC(CC)CC(CC(=O)O)C2c2ccc(NC(=O)OC(C)(C)C)cc2)cc1. The molecule has 0 radical (unpaired) electrons. The van der Waals surface area contributed by atoms with Crippen LogP contribution in [0.4, 0.5) is 10.5 Å². The van der Waals surface area contributed by atoms with Gasteiger partial charge in [-0.3, -0.25) is 15.0 Å². The number of carbonyl (C=O) groups excluding carboxylic acids is 1. The molecule has 1 heterocycles. The van der Waals surface area contributed by atoms with Crippen molar-refractivity contribution in [2.24, 2.45) is 11.8 Å². The Kier molecular flexibility index (Phi) is 8.58. The molecule has 0 aliphatic carbocycles. The fourth-order valence-corrected chi connectivity index (χ4v) is 4.86. The van der Waals surface area contributed by atoms with Crippen LogP contribution in [0, 0.1) is 24.2 Å². The highest BCUT2D eigenvalue weighted by Gasteiger charge is 2.37. The van der Waals surface area contributed by atoms with E-state index in [0.717, 1.165) is 36.1 Å². The van der Waals surface area contributed by atoms with Gasteiger partial charge in [-0.15, -0.1) is 6.42 Å². The zero-order valence-electron chi connectivity index (χ0n) is 21.1. The Morgan fingerprint density at radius 1 is 1.14 bits per heavy atom. The minimum Gasteiger partial charge on any atom is -0.481 e. The van der Waals surface area contributed by atoms with E-state index >= 15 is 0 Å². The third kappa shape index (κ3) is 7.60. The number of likely N-dealkylation sites (tertiary alicyclic amines) is 1. The number of hydrogen-bond acceptors (Lipinski definition) is 4. The second-order valence-corrected chi connectivity index (χ2v) is 10.3. The van der Waals surface area contributed by atoms with E-state index in [1.165, 1.54) is 0 Å². The van der Waals surface area contributed by atoms with Gasteiger partial charge in [-0.2, -0.15) is 0 Å². The molecule has 186 valence electrons. The Labute approximate surface area is 208 Å². The van der Waals surface area contributed by atoms with Crippen LogP contribution in [-0.4, -0.2) is 34.2 Å². The first kappa shape index (κ1) is 26.3. The largest absolute Gasteiger partial charge is 0.481 e. The highest BCUT2D eigenvalue weighted by Crippen LogP contribution is 2.42. The smallest absolute Gasteiger partial charge is 0.412 e. The molecule has 2 N–H and O–H groups in total. The number of terminal acetylenes is 1. The number of amides is 1. The molecule has 2 aromatic rings. The van der Waals surface area contributed by atoms with Crippen molar-refractivity contribution < 1.29 is 19.4 Å². The van der Waals surface area contributed by atoms with E-state index in [4.69, 9.17) is 11.2 Å². The van der Waals surface area contributed by atoms with Gasteiger partial charge >= 0.3 is 12.1 Å². The van der Waals surface area contributed by atoms with Crippen LogP contribution >= 0.6 is 0 Å². The molecule has 1 amide bonds. The Morgan fingerprint density at radius 3 is 2.34 bits per heavy atom. The van der Waals surface area contributed by atoms with Crippen molar-refractivity contribution in [2.45, 2.75) is 65.1 Å². The minimum absolute atomic E-state index is 0.0131. The van der Waals surface area contributed by atoms with Crippen molar-refractivity contribution >= 4 is 17.7 Å². The number of benzene rings is 2. The number of aliphatic carboxylic acids is 1. The molecule has 3 unspecified atom stereocenters.